The Hall–Kier alpha value is -1.94. The molecule has 10 heteroatoms. The molecule has 0 aliphatic heterocycles. The number of aryl methyl sites for hydroxylation is 2. The van der Waals surface area contributed by atoms with E-state index in [1.807, 2.05) is 0 Å². The fourth-order valence-corrected chi connectivity index (χ4v) is 4.91. The number of methoxy groups -OCH3 is 1. The molecule has 26 heavy (non-hydrogen) atoms. The van der Waals surface area contributed by atoms with Crippen molar-refractivity contribution in [3.8, 4) is 0 Å². The highest BCUT2D eigenvalue weighted by Gasteiger charge is 2.26. The number of rotatable bonds is 5. The minimum Gasteiger partial charge on any atom is -0.465 e. The molecule has 1 aliphatic rings. The van der Waals surface area contributed by atoms with Crippen molar-refractivity contribution < 1.29 is 14.3 Å². The van der Waals surface area contributed by atoms with Crippen LogP contribution >= 0.6 is 23.1 Å². The lowest BCUT2D eigenvalue weighted by Crippen LogP contribution is -2.16. The van der Waals surface area contributed by atoms with Gasteiger partial charge in [0, 0.05) is 11.9 Å². The number of aromatic nitrogens is 4. The topological polar surface area (TPSA) is 99.0 Å². The van der Waals surface area contributed by atoms with E-state index in [0.717, 1.165) is 31.2 Å². The zero-order valence-corrected chi connectivity index (χ0v) is 16.4. The van der Waals surface area contributed by atoms with Gasteiger partial charge in [-0.05, 0) is 41.7 Å². The highest BCUT2D eigenvalue weighted by Crippen LogP contribution is 2.37. The number of esters is 1. The molecule has 0 unspecified atom stereocenters. The highest BCUT2D eigenvalue weighted by molar-refractivity contribution is 7.99. The first kappa shape index (κ1) is 18.8. The van der Waals surface area contributed by atoms with Crippen molar-refractivity contribution in [1.29, 1.82) is 0 Å². The molecule has 140 valence electrons. The van der Waals surface area contributed by atoms with Crippen molar-refractivity contribution in [1.82, 2.24) is 20.2 Å². The predicted octanol–water partition coefficient (Wildman–Crippen LogP) is 2.45. The first-order chi connectivity index (χ1) is 12.6. The molecule has 0 bridgehead atoms. The van der Waals surface area contributed by atoms with Crippen LogP contribution in [0.2, 0.25) is 0 Å². The lowest BCUT2D eigenvalue weighted by Gasteiger charge is -2.10. The van der Waals surface area contributed by atoms with Crippen molar-refractivity contribution in [2.75, 3.05) is 18.2 Å². The predicted molar refractivity (Wildman–Crippen MR) is 99.7 cm³/mol. The standard InChI is InChI=1S/C16H21N5O3S2/c1-21-16(18-19-20-21)25-9-12(22)17-14-13(15(23)24-2)10-7-5-3-4-6-8-11(10)26-14/h3-9H2,1-2H3,(H,17,22). The van der Waals surface area contributed by atoms with Gasteiger partial charge in [0.25, 0.3) is 0 Å². The van der Waals surface area contributed by atoms with Crippen molar-refractivity contribution in [2.24, 2.45) is 7.05 Å². The van der Waals surface area contributed by atoms with E-state index in [1.54, 1.807) is 7.05 Å². The first-order valence-corrected chi connectivity index (χ1v) is 10.3. The second-order valence-electron chi connectivity index (χ2n) is 6.04. The molecule has 0 atom stereocenters. The molecular weight excluding hydrogens is 374 g/mol. The third-order valence-corrected chi connectivity index (χ3v) is 6.45. The summed E-state index contributed by atoms with van der Waals surface area (Å²) in [5.74, 6) is -0.418. The lowest BCUT2D eigenvalue weighted by molar-refractivity contribution is -0.113. The largest absolute Gasteiger partial charge is 0.465 e. The molecule has 3 rings (SSSR count). The van der Waals surface area contributed by atoms with Crippen LogP contribution < -0.4 is 5.32 Å². The fraction of sp³-hybridized carbons (Fsp3) is 0.562. The van der Waals surface area contributed by atoms with Crippen molar-refractivity contribution in [2.45, 2.75) is 43.7 Å². The summed E-state index contributed by atoms with van der Waals surface area (Å²) in [6.45, 7) is 0. The smallest absolute Gasteiger partial charge is 0.341 e. The Kier molecular flexibility index (Phi) is 6.25. The minimum absolute atomic E-state index is 0.164. The average molecular weight is 396 g/mol. The van der Waals surface area contributed by atoms with Gasteiger partial charge in [-0.3, -0.25) is 4.79 Å². The fourth-order valence-electron chi connectivity index (χ4n) is 2.96. The number of thiophene rings is 1. The van der Waals surface area contributed by atoms with Gasteiger partial charge in [0.05, 0.1) is 18.4 Å². The number of carbonyl (C=O) groups is 2. The number of fused-ring (bicyclic) bond motifs is 1. The Balaban J connectivity index is 1.77. The summed E-state index contributed by atoms with van der Waals surface area (Å²) in [7, 11) is 3.09. The number of anilines is 1. The summed E-state index contributed by atoms with van der Waals surface area (Å²) in [6, 6.07) is 0. The van der Waals surface area contributed by atoms with Crippen LogP contribution in [0, 0.1) is 0 Å². The van der Waals surface area contributed by atoms with Crippen LogP contribution in [-0.4, -0.2) is 44.9 Å². The summed E-state index contributed by atoms with van der Waals surface area (Å²) in [6.07, 6.45) is 6.33. The number of hydrogen-bond acceptors (Lipinski definition) is 8. The molecule has 0 radical (unpaired) electrons. The van der Waals surface area contributed by atoms with E-state index in [2.05, 4.69) is 20.8 Å². The number of nitrogens with one attached hydrogen (secondary N) is 1. The number of hydrogen-bond donors (Lipinski definition) is 1. The molecule has 8 nitrogen and oxygen atoms in total. The minimum atomic E-state index is -0.386. The molecule has 2 aromatic rings. The van der Waals surface area contributed by atoms with E-state index >= 15 is 0 Å². The Bertz CT molecular complexity index is 802. The van der Waals surface area contributed by atoms with Crippen LogP contribution in [-0.2, 0) is 29.4 Å². The number of tetrazole rings is 1. The van der Waals surface area contributed by atoms with Gasteiger partial charge in [0.15, 0.2) is 0 Å². The summed E-state index contributed by atoms with van der Waals surface area (Å²) < 4.78 is 6.48. The third-order valence-electron chi connectivity index (χ3n) is 4.23. The zero-order chi connectivity index (χ0) is 18.5. The number of amides is 1. The third kappa shape index (κ3) is 4.24. The monoisotopic (exact) mass is 395 g/mol. The molecule has 0 spiro atoms. The molecule has 0 aromatic carbocycles. The molecule has 1 N–H and O–H groups in total. The number of thioether (sulfide) groups is 1. The van der Waals surface area contributed by atoms with E-state index in [4.69, 9.17) is 4.74 Å². The first-order valence-electron chi connectivity index (χ1n) is 8.48. The second-order valence-corrected chi connectivity index (χ2v) is 8.08. The summed E-state index contributed by atoms with van der Waals surface area (Å²) >= 11 is 2.74. The Morgan fingerprint density at radius 1 is 1.27 bits per heavy atom. The summed E-state index contributed by atoms with van der Waals surface area (Å²) in [5.41, 5.74) is 1.56. The van der Waals surface area contributed by atoms with E-state index in [1.165, 1.54) is 52.6 Å². The van der Waals surface area contributed by atoms with Gasteiger partial charge in [-0.2, -0.15) is 0 Å². The molecule has 0 saturated carbocycles. The number of carbonyl (C=O) groups excluding carboxylic acids is 2. The van der Waals surface area contributed by atoms with Crippen molar-refractivity contribution in [3.05, 3.63) is 16.0 Å². The highest BCUT2D eigenvalue weighted by atomic mass is 32.2. The van der Waals surface area contributed by atoms with Crippen LogP contribution in [0.25, 0.3) is 0 Å². The van der Waals surface area contributed by atoms with Crippen LogP contribution in [0.15, 0.2) is 5.16 Å². The molecule has 1 aliphatic carbocycles. The van der Waals surface area contributed by atoms with Crippen LogP contribution in [0.1, 0.15) is 46.5 Å². The van der Waals surface area contributed by atoms with E-state index in [0.29, 0.717) is 15.7 Å². The van der Waals surface area contributed by atoms with E-state index in [-0.39, 0.29) is 17.6 Å². The van der Waals surface area contributed by atoms with Gasteiger partial charge in [-0.25, -0.2) is 9.48 Å². The van der Waals surface area contributed by atoms with E-state index < -0.39 is 0 Å². The maximum absolute atomic E-state index is 12.4. The van der Waals surface area contributed by atoms with Gasteiger partial charge < -0.3 is 10.1 Å². The lowest BCUT2D eigenvalue weighted by atomic mass is 9.96. The molecule has 0 fully saturated rings. The Morgan fingerprint density at radius 2 is 2.04 bits per heavy atom. The number of nitrogens with zero attached hydrogens (tertiary/aromatic N) is 4. The molecule has 2 heterocycles. The molecular formula is C16H21N5O3S2. The van der Waals surface area contributed by atoms with Gasteiger partial charge in [-0.1, -0.05) is 24.6 Å². The van der Waals surface area contributed by atoms with Gasteiger partial charge in [0.2, 0.25) is 11.1 Å². The Labute approximate surface area is 159 Å². The zero-order valence-electron chi connectivity index (χ0n) is 14.8. The van der Waals surface area contributed by atoms with Crippen molar-refractivity contribution in [3.63, 3.8) is 0 Å². The van der Waals surface area contributed by atoms with E-state index in [9.17, 15) is 9.59 Å². The molecule has 1 amide bonds. The average Bonchev–Trinajstić information content (AvgIpc) is 3.15. The Morgan fingerprint density at radius 3 is 2.73 bits per heavy atom. The maximum Gasteiger partial charge on any atom is 0.341 e. The normalized spacial score (nSPS) is 14.2. The van der Waals surface area contributed by atoms with Gasteiger partial charge >= 0.3 is 5.97 Å². The van der Waals surface area contributed by atoms with Gasteiger partial charge in [0.1, 0.15) is 5.00 Å². The van der Waals surface area contributed by atoms with Crippen molar-refractivity contribution >= 4 is 40.0 Å². The molecule has 0 saturated heterocycles. The molecule has 2 aromatic heterocycles. The van der Waals surface area contributed by atoms with Gasteiger partial charge in [-0.15, -0.1) is 16.4 Å². The summed E-state index contributed by atoms with van der Waals surface area (Å²) in [4.78, 5) is 25.9. The maximum atomic E-state index is 12.4. The van der Waals surface area contributed by atoms with Crippen LogP contribution in [0.5, 0.6) is 0 Å². The van der Waals surface area contributed by atoms with Crippen LogP contribution in [0.4, 0.5) is 5.00 Å². The number of ether oxygens (including phenoxy) is 1. The van der Waals surface area contributed by atoms with Crippen LogP contribution in [0.3, 0.4) is 0 Å². The SMILES string of the molecule is COC(=O)c1c(NC(=O)CSc2nnnn2C)sc2c1CCCCCC2. The quantitative estimate of drug-likeness (QED) is 0.613. The second kappa shape index (κ2) is 8.63. The summed E-state index contributed by atoms with van der Waals surface area (Å²) in [5, 5.41) is 15.2.